The lowest BCUT2D eigenvalue weighted by Gasteiger charge is -2.11. The van der Waals surface area contributed by atoms with Crippen LogP contribution in [0.2, 0.25) is 0 Å². The molecule has 0 radical (unpaired) electrons. The summed E-state index contributed by atoms with van der Waals surface area (Å²) in [4.78, 5) is 17.1. The zero-order valence-electron chi connectivity index (χ0n) is 17.8. The van der Waals surface area contributed by atoms with Crippen LogP contribution < -0.4 is 14.8 Å². The fraction of sp³-hybridized carbons (Fsp3) is 0.154. The molecule has 6 heteroatoms. The minimum Gasteiger partial charge on any atom is -0.490 e. The van der Waals surface area contributed by atoms with Crippen molar-refractivity contribution in [2.45, 2.75) is 13.5 Å². The van der Waals surface area contributed by atoms with E-state index in [-0.39, 0.29) is 12.5 Å². The zero-order valence-corrected chi connectivity index (χ0v) is 18.6. The molecule has 0 saturated carbocycles. The van der Waals surface area contributed by atoms with Crippen molar-refractivity contribution in [1.29, 1.82) is 0 Å². The molecule has 0 atom stereocenters. The van der Waals surface area contributed by atoms with Gasteiger partial charge < -0.3 is 14.8 Å². The Labute approximate surface area is 191 Å². The lowest BCUT2D eigenvalue weighted by molar-refractivity contribution is -0.123. The maximum atomic E-state index is 12.3. The van der Waals surface area contributed by atoms with E-state index in [1.165, 1.54) is 0 Å². The number of nitrogens with zero attached hydrogens (tertiary/aromatic N) is 1. The summed E-state index contributed by atoms with van der Waals surface area (Å²) in [6.45, 7) is 2.79. The topological polar surface area (TPSA) is 60.5 Å². The Hall–Kier alpha value is -3.64. The normalized spacial score (nSPS) is 10.5. The number of hydrogen-bond acceptors (Lipinski definition) is 5. The Morgan fingerprint density at radius 3 is 2.41 bits per heavy atom. The van der Waals surface area contributed by atoms with E-state index in [0.29, 0.717) is 24.7 Å². The molecule has 1 amide bonds. The number of nitrogens with one attached hydrogen (secondary N) is 1. The molecule has 1 N–H and O–H groups in total. The van der Waals surface area contributed by atoms with Gasteiger partial charge in [0, 0.05) is 23.1 Å². The van der Waals surface area contributed by atoms with E-state index in [1.54, 1.807) is 17.4 Å². The molecule has 1 aromatic heterocycles. The summed E-state index contributed by atoms with van der Waals surface area (Å²) < 4.78 is 11.2. The summed E-state index contributed by atoms with van der Waals surface area (Å²) >= 11 is 1.61. The number of thiazole rings is 1. The molecule has 0 fully saturated rings. The Bertz CT molecular complexity index is 1170. The molecule has 0 aliphatic heterocycles. The highest BCUT2D eigenvalue weighted by Gasteiger charge is 2.09. The molecule has 0 saturated heterocycles. The number of rotatable bonds is 9. The second-order valence-corrected chi connectivity index (χ2v) is 7.91. The Kier molecular flexibility index (Phi) is 7.15. The van der Waals surface area contributed by atoms with Crippen molar-refractivity contribution in [1.82, 2.24) is 10.3 Å². The summed E-state index contributed by atoms with van der Waals surface area (Å²) in [5.74, 6) is 1.00. The van der Waals surface area contributed by atoms with Crippen LogP contribution in [0.3, 0.4) is 0 Å². The van der Waals surface area contributed by atoms with E-state index in [4.69, 9.17) is 14.5 Å². The van der Waals surface area contributed by atoms with Gasteiger partial charge >= 0.3 is 0 Å². The second-order valence-electron chi connectivity index (χ2n) is 7.05. The summed E-state index contributed by atoms with van der Waals surface area (Å²) in [5.41, 5.74) is 4.10. The predicted octanol–water partition coefficient (Wildman–Crippen LogP) is 5.57. The van der Waals surface area contributed by atoms with Gasteiger partial charge in [0.25, 0.3) is 5.91 Å². The summed E-state index contributed by atoms with van der Waals surface area (Å²) in [5, 5.41) is 5.93. The van der Waals surface area contributed by atoms with Gasteiger partial charge in [-0.1, -0.05) is 60.7 Å². The molecule has 162 valence electrons. The fourth-order valence-corrected chi connectivity index (χ4v) is 4.03. The third-order valence-corrected chi connectivity index (χ3v) is 5.64. The molecule has 3 aromatic carbocycles. The minimum absolute atomic E-state index is 0.0727. The lowest BCUT2D eigenvalue weighted by atomic mass is 10.1. The second kappa shape index (κ2) is 10.6. The number of ether oxygens (including phenoxy) is 2. The van der Waals surface area contributed by atoms with Crippen LogP contribution in [0.25, 0.3) is 21.8 Å². The largest absolute Gasteiger partial charge is 0.490 e. The SMILES string of the molecule is CCOc1ccccc1OCC(=O)NCc1cccc(-c2nc(-c3ccccc3)cs2)c1. The van der Waals surface area contributed by atoms with Crippen molar-refractivity contribution in [2.75, 3.05) is 13.2 Å². The van der Waals surface area contributed by atoms with Crippen molar-refractivity contribution in [2.24, 2.45) is 0 Å². The third kappa shape index (κ3) is 5.53. The Morgan fingerprint density at radius 1 is 0.906 bits per heavy atom. The van der Waals surface area contributed by atoms with E-state index in [1.807, 2.05) is 61.5 Å². The van der Waals surface area contributed by atoms with Crippen molar-refractivity contribution in [3.8, 4) is 33.3 Å². The molecule has 4 rings (SSSR count). The summed E-state index contributed by atoms with van der Waals surface area (Å²) in [6.07, 6.45) is 0. The third-order valence-electron chi connectivity index (χ3n) is 4.75. The molecule has 32 heavy (non-hydrogen) atoms. The van der Waals surface area contributed by atoms with Gasteiger partial charge in [0.1, 0.15) is 5.01 Å². The molecule has 1 heterocycles. The van der Waals surface area contributed by atoms with Gasteiger partial charge in [0.05, 0.1) is 12.3 Å². The molecule has 0 spiro atoms. The first-order chi connectivity index (χ1) is 15.7. The van der Waals surface area contributed by atoms with Crippen LogP contribution in [0.15, 0.2) is 84.2 Å². The molecule has 0 unspecified atom stereocenters. The van der Waals surface area contributed by atoms with Gasteiger partial charge in [-0.3, -0.25) is 4.79 Å². The maximum Gasteiger partial charge on any atom is 0.258 e. The zero-order chi connectivity index (χ0) is 22.2. The number of carbonyl (C=O) groups excluding carboxylic acids is 1. The maximum absolute atomic E-state index is 12.3. The highest BCUT2D eigenvalue weighted by Crippen LogP contribution is 2.29. The van der Waals surface area contributed by atoms with Crippen molar-refractivity contribution in [3.63, 3.8) is 0 Å². The van der Waals surface area contributed by atoms with Crippen LogP contribution in [0.4, 0.5) is 0 Å². The average Bonchev–Trinajstić information content (AvgIpc) is 3.34. The fourth-order valence-electron chi connectivity index (χ4n) is 3.20. The van der Waals surface area contributed by atoms with Crippen LogP contribution in [0, 0.1) is 0 Å². The van der Waals surface area contributed by atoms with Crippen LogP contribution in [-0.2, 0) is 11.3 Å². The van der Waals surface area contributed by atoms with Crippen LogP contribution in [-0.4, -0.2) is 24.1 Å². The number of hydrogen-bond donors (Lipinski definition) is 1. The molecule has 4 aromatic rings. The molecule has 0 aliphatic rings. The van der Waals surface area contributed by atoms with Gasteiger partial charge in [-0.2, -0.15) is 0 Å². The number of benzene rings is 3. The van der Waals surface area contributed by atoms with Crippen molar-refractivity contribution >= 4 is 17.2 Å². The first-order valence-electron chi connectivity index (χ1n) is 10.4. The van der Waals surface area contributed by atoms with Crippen molar-refractivity contribution < 1.29 is 14.3 Å². The number of aromatic nitrogens is 1. The van der Waals surface area contributed by atoms with E-state index in [2.05, 4.69) is 28.9 Å². The monoisotopic (exact) mass is 444 g/mol. The van der Waals surface area contributed by atoms with E-state index >= 15 is 0 Å². The molecule has 5 nitrogen and oxygen atoms in total. The van der Waals surface area contributed by atoms with Gasteiger partial charge in [0.15, 0.2) is 18.1 Å². The lowest BCUT2D eigenvalue weighted by Crippen LogP contribution is -2.28. The van der Waals surface area contributed by atoms with E-state index < -0.39 is 0 Å². The highest BCUT2D eigenvalue weighted by atomic mass is 32.1. The minimum atomic E-state index is -0.192. The first-order valence-corrected chi connectivity index (χ1v) is 11.3. The summed E-state index contributed by atoms with van der Waals surface area (Å²) in [6, 6.07) is 25.5. The number of amides is 1. The Balaban J connectivity index is 1.35. The number of carbonyl (C=O) groups is 1. The van der Waals surface area contributed by atoms with Crippen LogP contribution in [0.5, 0.6) is 11.5 Å². The highest BCUT2D eigenvalue weighted by molar-refractivity contribution is 7.13. The Morgan fingerprint density at radius 2 is 1.62 bits per heavy atom. The predicted molar refractivity (Wildman–Crippen MR) is 128 cm³/mol. The molecular weight excluding hydrogens is 420 g/mol. The van der Waals surface area contributed by atoms with E-state index in [9.17, 15) is 4.79 Å². The van der Waals surface area contributed by atoms with Gasteiger partial charge in [-0.25, -0.2) is 4.98 Å². The standard InChI is InChI=1S/C26H24N2O3S/c1-2-30-23-13-6-7-14-24(23)31-17-25(29)27-16-19-9-8-12-21(15-19)26-28-22(18-32-26)20-10-4-3-5-11-20/h3-15,18H,2,16-17H2,1H3,(H,27,29). The van der Waals surface area contributed by atoms with Crippen LogP contribution >= 0.6 is 11.3 Å². The molecule has 0 aliphatic carbocycles. The smallest absolute Gasteiger partial charge is 0.258 e. The molecule has 0 bridgehead atoms. The van der Waals surface area contributed by atoms with Gasteiger partial charge in [-0.15, -0.1) is 11.3 Å². The quantitative estimate of drug-likeness (QED) is 0.367. The van der Waals surface area contributed by atoms with Crippen LogP contribution in [0.1, 0.15) is 12.5 Å². The summed E-state index contributed by atoms with van der Waals surface area (Å²) in [7, 11) is 0. The molecular formula is C26H24N2O3S. The first kappa shape index (κ1) is 21.6. The number of para-hydroxylation sites is 2. The van der Waals surface area contributed by atoms with E-state index in [0.717, 1.165) is 27.4 Å². The van der Waals surface area contributed by atoms with Gasteiger partial charge in [-0.05, 0) is 30.7 Å². The van der Waals surface area contributed by atoms with Gasteiger partial charge in [0.2, 0.25) is 0 Å². The average molecular weight is 445 g/mol. The van der Waals surface area contributed by atoms with Crippen molar-refractivity contribution in [3.05, 3.63) is 89.8 Å².